The van der Waals surface area contributed by atoms with Crippen LogP contribution in [0.1, 0.15) is 0 Å². The highest BCUT2D eigenvalue weighted by molar-refractivity contribution is 14.1. The van der Waals surface area contributed by atoms with E-state index >= 15 is 0 Å². The molecule has 17 heavy (non-hydrogen) atoms. The standard InChI is InChI=1S/C12H9F2IN2/c13-8-2-1-3-11(12(8)15)17-10-5-4-7(16)6-9(10)14/h1-6,17H,16H2. The molecule has 2 aromatic rings. The van der Waals surface area contributed by atoms with Gasteiger partial charge in [0.2, 0.25) is 0 Å². The van der Waals surface area contributed by atoms with Gasteiger partial charge in [0.05, 0.1) is 14.9 Å². The summed E-state index contributed by atoms with van der Waals surface area (Å²) in [6.07, 6.45) is 0. The van der Waals surface area contributed by atoms with Gasteiger partial charge in [0.1, 0.15) is 11.6 Å². The highest BCUT2D eigenvalue weighted by Gasteiger charge is 2.07. The summed E-state index contributed by atoms with van der Waals surface area (Å²) >= 11 is 1.87. The monoisotopic (exact) mass is 346 g/mol. The maximum absolute atomic E-state index is 13.5. The molecule has 0 aromatic heterocycles. The van der Waals surface area contributed by atoms with Crippen LogP contribution in [0.3, 0.4) is 0 Å². The van der Waals surface area contributed by atoms with Gasteiger partial charge in [-0.05, 0) is 52.9 Å². The molecular weight excluding hydrogens is 337 g/mol. The first-order chi connectivity index (χ1) is 8.08. The van der Waals surface area contributed by atoms with E-state index in [1.807, 2.05) is 22.6 Å². The van der Waals surface area contributed by atoms with Crippen molar-refractivity contribution in [2.75, 3.05) is 11.1 Å². The summed E-state index contributed by atoms with van der Waals surface area (Å²) in [5.74, 6) is -0.809. The fourth-order valence-corrected chi connectivity index (χ4v) is 1.87. The zero-order valence-electron chi connectivity index (χ0n) is 8.68. The number of nitrogens with one attached hydrogen (secondary N) is 1. The summed E-state index contributed by atoms with van der Waals surface area (Å²) in [7, 11) is 0. The Kier molecular flexibility index (Phi) is 3.46. The molecule has 3 N–H and O–H groups in total. The van der Waals surface area contributed by atoms with Gasteiger partial charge in [-0.2, -0.15) is 0 Å². The van der Waals surface area contributed by atoms with Crippen molar-refractivity contribution in [1.29, 1.82) is 0 Å². The van der Waals surface area contributed by atoms with Crippen molar-refractivity contribution in [2.24, 2.45) is 0 Å². The molecule has 5 heteroatoms. The maximum Gasteiger partial charge on any atom is 0.148 e. The van der Waals surface area contributed by atoms with Crippen LogP contribution in [0.2, 0.25) is 0 Å². The Bertz CT molecular complexity index is 558. The third kappa shape index (κ3) is 2.66. The van der Waals surface area contributed by atoms with Gasteiger partial charge >= 0.3 is 0 Å². The average Bonchev–Trinajstić information content (AvgIpc) is 2.28. The lowest BCUT2D eigenvalue weighted by atomic mass is 10.2. The minimum absolute atomic E-state index is 0.266. The molecule has 0 aliphatic rings. The van der Waals surface area contributed by atoms with E-state index < -0.39 is 5.82 Å². The smallest absolute Gasteiger partial charge is 0.148 e. The van der Waals surface area contributed by atoms with Gasteiger partial charge in [-0.25, -0.2) is 8.78 Å². The molecule has 0 unspecified atom stereocenters. The van der Waals surface area contributed by atoms with Crippen molar-refractivity contribution in [3.8, 4) is 0 Å². The number of benzene rings is 2. The van der Waals surface area contributed by atoms with Gasteiger partial charge < -0.3 is 11.1 Å². The molecule has 0 saturated heterocycles. The van der Waals surface area contributed by atoms with Gasteiger partial charge in [-0.3, -0.25) is 0 Å². The van der Waals surface area contributed by atoms with Crippen LogP contribution < -0.4 is 11.1 Å². The number of rotatable bonds is 2. The van der Waals surface area contributed by atoms with E-state index in [1.54, 1.807) is 18.2 Å². The highest BCUT2D eigenvalue weighted by Crippen LogP contribution is 2.26. The molecule has 2 aromatic carbocycles. The average molecular weight is 346 g/mol. The molecule has 0 amide bonds. The van der Waals surface area contributed by atoms with E-state index in [0.29, 0.717) is 14.9 Å². The number of nitrogen functional groups attached to an aromatic ring is 1. The third-order valence-corrected chi connectivity index (χ3v) is 3.31. The van der Waals surface area contributed by atoms with E-state index in [2.05, 4.69) is 5.32 Å². The molecule has 0 bridgehead atoms. The second-order valence-corrected chi connectivity index (χ2v) is 4.54. The third-order valence-electron chi connectivity index (χ3n) is 2.21. The molecule has 0 aliphatic heterocycles. The first-order valence-corrected chi connectivity index (χ1v) is 5.92. The molecule has 0 spiro atoms. The summed E-state index contributed by atoms with van der Waals surface area (Å²) in [5.41, 5.74) is 6.58. The zero-order chi connectivity index (χ0) is 12.4. The Hall–Kier alpha value is -1.37. The van der Waals surface area contributed by atoms with Gasteiger partial charge in [-0.1, -0.05) is 6.07 Å². The molecule has 2 rings (SSSR count). The molecule has 0 aliphatic carbocycles. The topological polar surface area (TPSA) is 38.0 Å². The zero-order valence-corrected chi connectivity index (χ0v) is 10.8. The predicted octanol–water partition coefficient (Wildman–Crippen LogP) is 3.90. The van der Waals surface area contributed by atoms with E-state index in [4.69, 9.17) is 5.73 Å². The molecule has 2 nitrogen and oxygen atoms in total. The van der Waals surface area contributed by atoms with Gasteiger partial charge in [0.25, 0.3) is 0 Å². The quantitative estimate of drug-likeness (QED) is 0.640. The van der Waals surface area contributed by atoms with Crippen LogP contribution in [0.4, 0.5) is 25.8 Å². The summed E-state index contributed by atoms with van der Waals surface area (Å²) in [6, 6.07) is 8.92. The number of hydrogen-bond acceptors (Lipinski definition) is 2. The van der Waals surface area contributed by atoms with Gasteiger partial charge in [0.15, 0.2) is 0 Å². The largest absolute Gasteiger partial charge is 0.399 e. The minimum atomic E-state index is -0.468. The molecule has 0 radical (unpaired) electrons. The summed E-state index contributed by atoms with van der Waals surface area (Å²) in [5, 5.41) is 2.83. The lowest BCUT2D eigenvalue weighted by molar-refractivity contribution is 0.620. The lowest BCUT2D eigenvalue weighted by Gasteiger charge is -2.10. The van der Waals surface area contributed by atoms with Crippen LogP contribution >= 0.6 is 22.6 Å². The second-order valence-electron chi connectivity index (χ2n) is 3.47. The maximum atomic E-state index is 13.5. The van der Waals surface area contributed by atoms with Crippen LogP contribution in [0.15, 0.2) is 36.4 Å². The van der Waals surface area contributed by atoms with Crippen LogP contribution in [0, 0.1) is 15.2 Å². The van der Waals surface area contributed by atoms with E-state index in [0.717, 1.165) is 0 Å². The summed E-state index contributed by atoms with van der Waals surface area (Å²) in [4.78, 5) is 0. The molecule has 0 heterocycles. The summed E-state index contributed by atoms with van der Waals surface area (Å²) in [6.45, 7) is 0. The van der Waals surface area contributed by atoms with E-state index in [-0.39, 0.29) is 11.5 Å². The fraction of sp³-hybridized carbons (Fsp3) is 0. The van der Waals surface area contributed by atoms with Crippen LogP contribution in [0.5, 0.6) is 0 Å². The van der Waals surface area contributed by atoms with Crippen LogP contribution in [0.25, 0.3) is 0 Å². The van der Waals surface area contributed by atoms with Crippen molar-refractivity contribution < 1.29 is 8.78 Å². The van der Waals surface area contributed by atoms with Gasteiger partial charge in [0, 0.05) is 5.69 Å². The summed E-state index contributed by atoms with van der Waals surface area (Å²) < 4.78 is 27.2. The molecule has 0 atom stereocenters. The first kappa shape index (κ1) is 12.1. The highest BCUT2D eigenvalue weighted by atomic mass is 127. The molecule has 88 valence electrons. The van der Waals surface area contributed by atoms with Crippen molar-refractivity contribution in [1.82, 2.24) is 0 Å². The van der Waals surface area contributed by atoms with Crippen LogP contribution in [-0.4, -0.2) is 0 Å². The van der Waals surface area contributed by atoms with Crippen molar-refractivity contribution in [2.45, 2.75) is 0 Å². The van der Waals surface area contributed by atoms with E-state index in [1.165, 1.54) is 18.2 Å². The fourth-order valence-electron chi connectivity index (χ4n) is 1.38. The SMILES string of the molecule is Nc1ccc(Nc2cccc(F)c2I)c(F)c1. The predicted molar refractivity (Wildman–Crippen MR) is 73.2 cm³/mol. The molecule has 0 fully saturated rings. The first-order valence-electron chi connectivity index (χ1n) is 4.84. The lowest BCUT2D eigenvalue weighted by Crippen LogP contribution is -1.98. The Morgan fingerprint density at radius 2 is 1.76 bits per heavy atom. The second kappa shape index (κ2) is 4.87. The Labute approximate surface area is 111 Å². The van der Waals surface area contributed by atoms with Gasteiger partial charge in [-0.15, -0.1) is 0 Å². The van der Waals surface area contributed by atoms with Crippen molar-refractivity contribution >= 4 is 39.7 Å². The normalized spacial score (nSPS) is 10.3. The molecule has 0 saturated carbocycles. The minimum Gasteiger partial charge on any atom is -0.399 e. The number of hydrogen-bond donors (Lipinski definition) is 2. The Morgan fingerprint density at radius 1 is 1.00 bits per heavy atom. The number of nitrogens with two attached hydrogens (primary N) is 1. The van der Waals surface area contributed by atoms with E-state index in [9.17, 15) is 8.78 Å². The van der Waals surface area contributed by atoms with Crippen LogP contribution in [-0.2, 0) is 0 Å². The molecular formula is C12H9F2IN2. The van der Waals surface area contributed by atoms with Crippen molar-refractivity contribution in [3.05, 3.63) is 51.6 Å². The Morgan fingerprint density at radius 3 is 2.47 bits per heavy atom. The number of anilines is 3. The Balaban J connectivity index is 2.35. The number of halogens is 3. The van der Waals surface area contributed by atoms with Crippen molar-refractivity contribution in [3.63, 3.8) is 0 Å².